The van der Waals surface area contributed by atoms with Gasteiger partial charge in [0.05, 0.1) is 16.3 Å². The van der Waals surface area contributed by atoms with E-state index in [1.165, 1.54) is 18.2 Å². The fourth-order valence-electron chi connectivity index (χ4n) is 1.08. The third-order valence-electron chi connectivity index (χ3n) is 2.18. The standard InChI is InChI=1S/C11H15N3O3/c1-11(2,3)10(15)13-9-6-7(14(16)17)4-5-8(9)12/h4-6H,12H2,1-3H3,(H,13,15). The second-order valence-corrected chi connectivity index (χ2v) is 4.73. The predicted octanol–water partition coefficient (Wildman–Crippen LogP) is 2.16. The lowest BCUT2D eigenvalue weighted by molar-refractivity contribution is -0.384. The molecule has 1 aromatic rings. The summed E-state index contributed by atoms with van der Waals surface area (Å²) in [5.74, 6) is -0.246. The van der Waals surface area contributed by atoms with Crippen molar-refractivity contribution in [3.63, 3.8) is 0 Å². The van der Waals surface area contributed by atoms with Gasteiger partial charge in [-0.15, -0.1) is 0 Å². The molecule has 0 aliphatic heterocycles. The second kappa shape index (κ2) is 4.40. The zero-order chi connectivity index (χ0) is 13.2. The van der Waals surface area contributed by atoms with Crippen molar-refractivity contribution in [1.29, 1.82) is 0 Å². The van der Waals surface area contributed by atoms with Crippen LogP contribution in [0.15, 0.2) is 18.2 Å². The molecule has 0 spiro atoms. The van der Waals surface area contributed by atoms with Gasteiger partial charge in [0.15, 0.2) is 0 Å². The Morgan fingerprint density at radius 3 is 2.47 bits per heavy atom. The van der Waals surface area contributed by atoms with Gasteiger partial charge in [-0.2, -0.15) is 0 Å². The molecule has 0 aliphatic rings. The summed E-state index contributed by atoms with van der Waals surface area (Å²) in [5.41, 5.74) is 5.51. The van der Waals surface area contributed by atoms with Crippen LogP contribution in [0.25, 0.3) is 0 Å². The summed E-state index contributed by atoms with van der Waals surface area (Å²) in [6.07, 6.45) is 0. The number of carbonyl (C=O) groups is 1. The number of rotatable bonds is 2. The summed E-state index contributed by atoms with van der Waals surface area (Å²) >= 11 is 0. The maximum Gasteiger partial charge on any atom is 0.271 e. The molecule has 0 aliphatic carbocycles. The lowest BCUT2D eigenvalue weighted by Crippen LogP contribution is -2.28. The van der Waals surface area contributed by atoms with E-state index in [0.717, 1.165) is 0 Å². The molecular formula is C11H15N3O3. The zero-order valence-electron chi connectivity index (χ0n) is 9.98. The van der Waals surface area contributed by atoms with Gasteiger partial charge in [0.25, 0.3) is 5.69 Å². The lowest BCUT2D eigenvalue weighted by Gasteiger charge is -2.18. The van der Waals surface area contributed by atoms with Gasteiger partial charge in [-0.3, -0.25) is 14.9 Å². The Morgan fingerprint density at radius 2 is 2.00 bits per heavy atom. The molecule has 92 valence electrons. The van der Waals surface area contributed by atoms with Gasteiger partial charge in [0.2, 0.25) is 5.91 Å². The molecule has 1 amide bonds. The number of non-ortho nitro benzene ring substituents is 1. The first-order valence-corrected chi connectivity index (χ1v) is 5.07. The molecule has 0 atom stereocenters. The van der Waals surface area contributed by atoms with Crippen LogP contribution in [0, 0.1) is 15.5 Å². The molecule has 0 saturated heterocycles. The molecule has 0 bridgehead atoms. The van der Waals surface area contributed by atoms with Gasteiger partial charge in [-0.1, -0.05) is 20.8 Å². The molecular weight excluding hydrogens is 222 g/mol. The van der Waals surface area contributed by atoms with Crippen LogP contribution < -0.4 is 11.1 Å². The minimum absolute atomic E-state index is 0.108. The molecule has 1 aromatic carbocycles. The Morgan fingerprint density at radius 1 is 1.41 bits per heavy atom. The van der Waals surface area contributed by atoms with Crippen molar-refractivity contribution >= 4 is 23.0 Å². The summed E-state index contributed by atoms with van der Waals surface area (Å²) in [4.78, 5) is 21.8. The van der Waals surface area contributed by atoms with Gasteiger partial charge < -0.3 is 11.1 Å². The third kappa shape index (κ3) is 3.17. The number of anilines is 2. The highest BCUT2D eigenvalue weighted by molar-refractivity contribution is 5.97. The van der Waals surface area contributed by atoms with E-state index in [2.05, 4.69) is 5.32 Å². The van der Waals surface area contributed by atoms with Gasteiger partial charge >= 0.3 is 0 Å². The Labute approximate surface area is 99.0 Å². The first-order chi connectivity index (χ1) is 7.71. The van der Waals surface area contributed by atoms with Crippen LogP contribution in [0.4, 0.5) is 17.1 Å². The summed E-state index contributed by atoms with van der Waals surface area (Å²) in [6.45, 7) is 5.24. The number of nitrogens with one attached hydrogen (secondary N) is 1. The van der Waals surface area contributed by atoms with Crippen molar-refractivity contribution < 1.29 is 9.72 Å². The number of hydrogen-bond donors (Lipinski definition) is 2. The van der Waals surface area contributed by atoms with Gasteiger partial charge in [0.1, 0.15) is 0 Å². The molecule has 6 heteroatoms. The number of benzene rings is 1. The number of amides is 1. The topological polar surface area (TPSA) is 98.3 Å². The van der Waals surface area contributed by atoms with Crippen molar-refractivity contribution in [3.8, 4) is 0 Å². The van der Waals surface area contributed by atoms with Crippen LogP contribution in [0.5, 0.6) is 0 Å². The van der Waals surface area contributed by atoms with E-state index in [0.29, 0.717) is 5.69 Å². The highest BCUT2D eigenvalue weighted by Crippen LogP contribution is 2.26. The van der Waals surface area contributed by atoms with Crippen LogP contribution in [0.3, 0.4) is 0 Å². The van der Waals surface area contributed by atoms with Crippen molar-refractivity contribution in [2.45, 2.75) is 20.8 Å². The Balaban J connectivity index is 3.02. The number of carbonyl (C=O) groups excluding carboxylic acids is 1. The predicted molar refractivity (Wildman–Crippen MR) is 65.6 cm³/mol. The minimum atomic E-state index is -0.586. The first kappa shape index (κ1) is 13.0. The number of nitrogens with two attached hydrogens (primary N) is 1. The molecule has 0 aromatic heterocycles. The summed E-state index contributed by atoms with van der Waals surface area (Å²) < 4.78 is 0. The van der Waals surface area contributed by atoms with Crippen LogP contribution in [-0.2, 0) is 4.79 Å². The first-order valence-electron chi connectivity index (χ1n) is 5.07. The maximum atomic E-state index is 11.7. The average molecular weight is 237 g/mol. The molecule has 17 heavy (non-hydrogen) atoms. The summed E-state index contributed by atoms with van der Waals surface area (Å²) in [7, 11) is 0. The van der Waals surface area contributed by atoms with E-state index in [9.17, 15) is 14.9 Å². The molecule has 0 radical (unpaired) electrons. The third-order valence-corrected chi connectivity index (χ3v) is 2.18. The summed E-state index contributed by atoms with van der Waals surface area (Å²) in [5, 5.41) is 13.2. The second-order valence-electron chi connectivity index (χ2n) is 4.73. The molecule has 3 N–H and O–H groups in total. The monoisotopic (exact) mass is 237 g/mol. The van der Waals surface area contributed by atoms with E-state index in [4.69, 9.17) is 5.73 Å². The number of hydrogen-bond acceptors (Lipinski definition) is 4. The normalized spacial score (nSPS) is 11.0. The molecule has 1 rings (SSSR count). The van der Waals surface area contributed by atoms with E-state index >= 15 is 0 Å². The molecule has 0 fully saturated rings. The highest BCUT2D eigenvalue weighted by atomic mass is 16.6. The summed E-state index contributed by atoms with van der Waals surface area (Å²) in [6, 6.07) is 3.94. The van der Waals surface area contributed by atoms with E-state index in [-0.39, 0.29) is 17.3 Å². The van der Waals surface area contributed by atoms with Crippen LogP contribution in [-0.4, -0.2) is 10.8 Å². The van der Waals surface area contributed by atoms with E-state index < -0.39 is 10.3 Å². The van der Waals surface area contributed by atoms with Gasteiger partial charge in [-0.25, -0.2) is 0 Å². The number of nitro benzene ring substituents is 1. The van der Waals surface area contributed by atoms with Crippen molar-refractivity contribution in [2.75, 3.05) is 11.1 Å². The number of nitrogen functional groups attached to an aromatic ring is 1. The maximum absolute atomic E-state index is 11.7. The minimum Gasteiger partial charge on any atom is -0.397 e. The van der Waals surface area contributed by atoms with Crippen molar-refractivity contribution in [2.24, 2.45) is 5.41 Å². The van der Waals surface area contributed by atoms with Crippen molar-refractivity contribution in [3.05, 3.63) is 28.3 Å². The smallest absolute Gasteiger partial charge is 0.271 e. The van der Waals surface area contributed by atoms with Crippen LogP contribution in [0.2, 0.25) is 0 Å². The largest absolute Gasteiger partial charge is 0.397 e. The average Bonchev–Trinajstić information content (AvgIpc) is 2.19. The Hall–Kier alpha value is -2.11. The van der Waals surface area contributed by atoms with Crippen molar-refractivity contribution in [1.82, 2.24) is 0 Å². The Bertz CT molecular complexity index is 464. The number of nitrogens with zero attached hydrogens (tertiary/aromatic N) is 1. The van der Waals surface area contributed by atoms with Crippen LogP contribution in [0.1, 0.15) is 20.8 Å². The fourth-order valence-corrected chi connectivity index (χ4v) is 1.08. The molecule has 6 nitrogen and oxygen atoms in total. The number of nitro groups is 1. The van der Waals surface area contributed by atoms with E-state index in [1.807, 2.05) is 0 Å². The SMILES string of the molecule is CC(C)(C)C(=O)Nc1cc([N+](=O)[O-])ccc1N. The highest BCUT2D eigenvalue weighted by Gasteiger charge is 2.22. The molecule has 0 unspecified atom stereocenters. The lowest BCUT2D eigenvalue weighted by atomic mass is 9.95. The Kier molecular flexibility index (Phi) is 3.36. The zero-order valence-corrected chi connectivity index (χ0v) is 9.98. The van der Waals surface area contributed by atoms with Gasteiger partial charge in [0, 0.05) is 17.5 Å². The quantitative estimate of drug-likeness (QED) is 0.467. The van der Waals surface area contributed by atoms with Crippen LogP contribution >= 0.6 is 0 Å². The fraction of sp³-hybridized carbons (Fsp3) is 0.364. The van der Waals surface area contributed by atoms with E-state index in [1.54, 1.807) is 20.8 Å². The molecule has 0 heterocycles. The van der Waals surface area contributed by atoms with Gasteiger partial charge in [-0.05, 0) is 6.07 Å². The molecule has 0 saturated carbocycles.